The summed E-state index contributed by atoms with van der Waals surface area (Å²) in [4.78, 5) is 2.44. The van der Waals surface area contributed by atoms with Crippen LogP contribution in [0.25, 0.3) is 0 Å². The average Bonchev–Trinajstić information content (AvgIpc) is 2.11. The monoisotopic (exact) mass is 245 g/mol. The maximum atomic E-state index is 2.44. The maximum absolute atomic E-state index is 2.44. The molecule has 0 saturated heterocycles. The second-order valence-electron chi connectivity index (χ2n) is 7.63. The number of likely N-dealkylation sites (N-methyl/N-ethyl adjacent to an activating group) is 1. The van der Waals surface area contributed by atoms with Gasteiger partial charge in [-0.1, -0.05) is 46.8 Å². The molecule has 0 atom stereocenters. The van der Waals surface area contributed by atoms with E-state index in [1.165, 1.54) is 16.7 Å². The molecule has 0 bridgehead atoms. The van der Waals surface area contributed by atoms with Crippen LogP contribution in [0.2, 0.25) is 0 Å². The van der Waals surface area contributed by atoms with Gasteiger partial charge in [-0.15, -0.1) is 0 Å². The SMILES string of the molecule is Cc1cc(C(C)(C)C)cc2c1C(C)(C)CN(C)C2. The highest BCUT2D eigenvalue weighted by Gasteiger charge is 2.32. The molecule has 1 nitrogen and oxygen atoms in total. The van der Waals surface area contributed by atoms with Crippen LogP contribution in [0.3, 0.4) is 0 Å². The highest BCUT2D eigenvalue weighted by atomic mass is 15.1. The first-order valence-corrected chi connectivity index (χ1v) is 6.94. The number of rotatable bonds is 0. The topological polar surface area (TPSA) is 3.24 Å². The summed E-state index contributed by atoms with van der Waals surface area (Å²) in [6.45, 7) is 16.1. The molecule has 0 unspecified atom stereocenters. The van der Waals surface area contributed by atoms with E-state index < -0.39 is 0 Å². The quantitative estimate of drug-likeness (QED) is 0.667. The molecule has 2 rings (SSSR count). The van der Waals surface area contributed by atoms with Crippen molar-refractivity contribution in [3.05, 3.63) is 34.4 Å². The molecule has 1 heteroatoms. The predicted molar refractivity (Wildman–Crippen MR) is 79.2 cm³/mol. The molecule has 1 aliphatic rings. The number of fused-ring (bicyclic) bond motifs is 1. The first-order chi connectivity index (χ1) is 8.11. The van der Waals surface area contributed by atoms with Gasteiger partial charge in [-0.3, -0.25) is 0 Å². The fourth-order valence-corrected chi connectivity index (χ4v) is 3.49. The molecule has 18 heavy (non-hydrogen) atoms. The molecule has 0 amide bonds. The number of hydrogen-bond acceptors (Lipinski definition) is 1. The van der Waals surface area contributed by atoms with Crippen LogP contribution >= 0.6 is 0 Å². The molecule has 0 saturated carbocycles. The van der Waals surface area contributed by atoms with E-state index in [1.807, 2.05) is 0 Å². The van der Waals surface area contributed by atoms with Crippen molar-refractivity contribution in [1.82, 2.24) is 4.90 Å². The molecular weight excluding hydrogens is 218 g/mol. The molecule has 0 radical (unpaired) electrons. The van der Waals surface area contributed by atoms with E-state index >= 15 is 0 Å². The van der Waals surface area contributed by atoms with Gasteiger partial charge in [-0.25, -0.2) is 0 Å². The molecule has 1 heterocycles. The van der Waals surface area contributed by atoms with Crippen molar-refractivity contribution in [2.24, 2.45) is 0 Å². The zero-order chi connectivity index (χ0) is 13.7. The summed E-state index contributed by atoms with van der Waals surface area (Å²) in [5.41, 5.74) is 6.54. The number of aryl methyl sites for hydroxylation is 1. The largest absolute Gasteiger partial charge is 0.301 e. The smallest absolute Gasteiger partial charge is 0.0234 e. The third kappa shape index (κ3) is 2.33. The zero-order valence-corrected chi connectivity index (χ0v) is 13.0. The Morgan fingerprint density at radius 3 is 2.33 bits per heavy atom. The lowest BCUT2D eigenvalue weighted by Gasteiger charge is -2.40. The molecule has 1 aromatic carbocycles. The molecule has 1 aromatic rings. The van der Waals surface area contributed by atoms with E-state index in [0.29, 0.717) is 0 Å². The molecule has 0 aromatic heterocycles. The van der Waals surface area contributed by atoms with Gasteiger partial charge in [-0.05, 0) is 41.6 Å². The summed E-state index contributed by atoms with van der Waals surface area (Å²) in [6, 6.07) is 4.83. The molecule has 0 N–H and O–H groups in total. The second kappa shape index (κ2) is 4.09. The molecule has 0 fully saturated rings. The van der Waals surface area contributed by atoms with E-state index in [4.69, 9.17) is 0 Å². The summed E-state index contributed by atoms with van der Waals surface area (Å²) in [5.74, 6) is 0. The van der Waals surface area contributed by atoms with Crippen LogP contribution in [0.15, 0.2) is 12.1 Å². The third-order valence-corrected chi connectivity index (χ3v) is 4.07. The summed E-state index contributed by atoms with van der Waals surface area (Å²) in [6.07, 6.45) is 0. The number of nitrogens with zero attached hydrogens (tertiary/aromatic N) is 1. The summed E-state index contributed by atoms with van der Waals surface area (Å²) in [5, 5.41) is 0. The van der Waals surface area contributed by atoms with Crippen molar-refractivity contribution in [2.75, 3.05) is 13.6 Å². The normalized spacial score (nSPS) is 19.7. The van der Waals surface area contributed by atoms with Crippen LogP contribution < -0.4 is 0 Å². The lowest BCUT2D eigenvalue weighted by atomic mass is 9.73. The van der Waals surface area contributed by atoms with Crippen molar-refractivity contribution >= 4 is 0 Å². The van der Waals surface area contributed by atoms with Gasteiger partial charge in [-0.2, -0.15) is 0 Å². The Bertz CT molecular complexity index is 463. The third-order valence-electron chi connectivity index (χ3n) is 4.07. The van der Waals surface area contributed by atoms with Gasteiger partial charge in [0.15, 0.2) is 0 Å². The molecule has 0 aliphatic carbocycles. The van der Waals surface area contributed by atoms with Gasteiger partial charge in [0, 0.05) is 18.5 Å². The Morgan fingerprint density at radius 2 is 1.78 bits per heavy atom. The number of hydrogen-bond donors (Lipinski definition) is 0. The van der Waals surface area contributed by atoms with Crippen molar-refractivity contribution in [1.29, 1.82) is 0 Å². The first-order valence-electron chi connectivity index (χ1n) is 6.94. The van der Waals surface area contributed by atoms with E-state index in [-0.39, 0.29) is 10.8 Å². The zero-order valence-electron chi connectivity index (χ0n) is 13.0. The fourth-order valence-electron chi connectivity index (χ4n) is 3.49. The van der Waals surface area contributed by atoms with Crippen molar-refractivity contribution < 1.29 is 0 Å². The minimum Gasteiger partial charge on any atom is -0.301 e. The Balaban J connectivity index is 2.61. The summed E-state index contributed by atoms with van der Waals surface area (Å²) >= 11 is 0. The van der Waals surface area contributed by atoms with Gasteiger partial charge in [0.1, 0.15) is 0 Å². The molecule has 100 valence electrons. The van der Waals surface area contributed by atoms with Crippen molar-refractivity contribution in [2.45, 2.75) is 58.9 Å². The van der Waals surface area contributed by atoms with Gasteiger partial charge in [0.25, 0.3) is 0 Å². The van der Waals surface area contributed by atoms with E-state index in [9.17, 15) is 0 Å². The fraction of sp³-hybridized carbons (Fsp3) is 0.647. The summed E-state index contributed by atoms with van der Waals surface area (Å²) < 4.78 is 0. The Morgan fingerprint density at radius 1 is 1.17 bits per heavy atom. The van der Waals surface area contributed by atoms with Gasteiger partial charge >= 0.3 is 0 Å². The maximum Gasteiger partial charge on any atom is 0.0234 e. The second-order valence-corrected chi connectivity index (χ2v) is 7.63. The standard InChI is InChI=1S/C17H27N/c1-12-8-14(16(2,3)4)9-13-10-18(7)11-17(5,6)15(12)13/h8-9H,10-11H2,1-7H3. The molecule has 0 spiro atoms. The highest BCUT2D eigenvalue weighted by molar-refractivity contribution is 5.46. The van der Waals surface area contributed by atoms with Crippen LogP contribution in [0.1, 0.15) is 56.9 Å². The van der Waals surface area contributed by atoms with Crippen LogP contribution in [0.4, 0.5) is 0 Å². The van der Waals surface area contributed by atoms with Crippen molar-refractivity contribution in [3.63, 3.8) is 0 Å². The Kier molecular flexibility index (Phi) is 3.09. The van der Waals surface area contributed by atoms with Gasteiger partial charge in [0.2, 0.25) is 0 Å². The van der Waals surface area contributed by atoms with E-state index in [1.54, 1.807) is 5.56 Å². The van der Waals surface area contributed by atoms with Crippen molar-refractivity contribution in [3.8, 4) is 0 Å². The number of benzene rings is 1. The summed E-state index contributed by atoms with van der Waals surface area (Å²) in [7, 11) is 2.23. The first kappa shape index (κ1) is 13.6. The Labute approximate surface area is 112 Å². The predicted octanol–water partition coefficient (Wildman–Crippen LogP) is 4.02. The van der Waals surface area contributed by atoms with Crippen LogP contribution in [0, 0.1) is 6.92 Å². The lowest BCUT2D eigenvalue weighted by molar-refractivity contribution is 0.234. The highest BCUT2D eigenvalue weighted by Crippen LogP contribution is 2.37. The van der Waals surface area contributed by atoms with E-state index in [2.05, 4.69) is 65.6 Å². The average molecular weight is 245 g/mol. The van der Waals surface area contributed by atoms with Gasteiger partial charge < -0.3 is 4.90 Å². The lowest BCUT2D eigenvalue weighted by Crippen LogP contribution is -2.40. The van der Waals surface area contributed by atoms with Gasteiger partial charge in [0.05, 0.1) is 0 Å². The van der Waals surface area contributed by atoms with Crippen LogP contribution in [-0.2, 0) is 17.4 Å². The minimum atomic E-state index is 0.236. The minimum absolute atomic E-state index is 0.236. The Hall–Kier alpha value is -0.820. The molecular formula is C17H27N. The van der Waals surface area contributed by atoms with E-state index in [0.717, 1.165) is 13.1 Å². The molecule has 1 aliphatic heterocycles. The van der Waals surface area contributed by atoms with Crippen LogP contribution in [-0.4, -0.2) is 18.5 Å². The van der Waals surface area contributed by atoms with Crippen LogP contribution in [0.5, 0.6) is 0 Å².